The number of hydrogen-bond donors (Lipinski definition) is 0. The zero-order valence-corrected chi connectivity index (χ0v) is 28.1. The Balaban J connectivity index is 1.36. The summed E-state index contributed by atoms with van der Waals surface area (Å²) >= 11 is 4.89. The first-order valence-corrected chi connectivity index (χ1v) is 16.2. The van der Waals surface area contributed by atoms with Crippen molar-refractivity contribution in [3.05, 3.63) is 131 Å². The molecule has 4 aromatic carbocycles. The summed E-state index contributed by atoms with van der Waals surface area (Å²) in [7, 11) is 3.08. The van der Waals surface area contributed by atoms with E-state index in [1.807, 2.05) is 48.5 Å². The number of ether oxygens (including phenoxy) is 4. The van der Waals surface area contributed by atoms with E-state index < -0.39 is 12.0 Å². The second kappa shape index (κ2) is 13.4. The van der Waals surface area contributed by atoms with Gasteiger partial charge in [0.15, 0.2) is 16.3 Å². The Bertz CT molecular complexity index is 2160. The lowest BCUT2D eigenvalue weighted by Crippen LogP contribution is -2.40. The summed E-state index contributed by atoms with van der Waals surface area (Å²) in [6.07, 6.45) is 1.82. The second-order valence-corrected chi connectivity index (χ2v) is 12.4. The van der Waals surface area contributed by atoms with Crippen molar-refractivity contribution in [2.75, 3.05) is 20.8 Å². The largest absolute Gasteiger partial charge is 0.493 e. The maximum atomic E-state index is 14.1. The summed E-state index contributed by atoms with van der Waals surface area (Å²) in [4.78, 5) is 32.5. The fourth-order valence-electron chi connectivity index (χ4n) is 5.56. The van der Waals surface area contributed by atoms with E-state index >= 15 is 0 Å². The zero-order valence-electron chi connectivity index (χ0n) is 25.7. The molecule has 46 heavy (non-hydrogen) atoms. The third-order valence-corrected chi connectivity index (χ3v) is 9.44. The number of methoxy groups -OCH3 is 2. The van der Waals surface area contributed by atoms with Crippen LogP contribution in [-0.2, 0) is 16.1 Å². The van der Waals surface area contributed by atoms with Crippen molar-refractivity contribution >= 4 is 50.1 Å². The molecule has 10 heteroatoms. The first-order chi connectivity index (χ1) is 22.3. The number of carbonyl (C=O) groups excluding carboxylic acids is 1. The molecule has 0 saturated heterocycles. The molecule has 8 nitrogen and oxygen atoms in total. The van der Waals surface area contributed by atoms with Crippen LogP contribution in [0.3, 0.4) is 0 Å². The number of esters is 1. The van der Waals surface area contributed by atoms with Crippen LogP contribution < -0.4 is 29.1 Å². The summed E-state index contributed by atoms with van der Waals surface area (Å²) in [6.45, 7) is 4.11. The van der Waals surface area contributed by atoms with Crippen molar-refractivity contribution < 1.29 is 23.7 Å². The first-order valence-electron chi connectivity index (χ1n) is 14.6. The Morgan fingerprint density at radius 1 is 1.00 bits per heavy atom. The number of aromatic nitrogens is 1. The minimum absolute atomic E-state index is 0.182. The van der Waals surface area contributed by atoms with Crippen LogP contribution in [0, 0.1) is 0 Å². The fraction of sp³-hybridized carbons (Fsp3) is 0.194. The molecule has 6 rings (SSSR count). The maximum absolute atomic E-state index is 14.1. The quantitative estimate of drug-likeness (QED) is 0.168. The van der Waals surface area contributed by atoms with E-state index in [2.05, 4.69) is 45.2 Å². The number of carbonyl (C=O) groups is 1. The molecule has 1 aliphatic rings. The summed E-state index contributed by atoms with van der Waals surface area (Å²) < 4.78 is 25.2. The summed E-state index contributed by atoms with van der Waals surface area (Å²) in [6, 6.07) is 24.7. The van der Waals surface area contributed by atoms with Crippen LogP contribution in [0.15, 0.2) is 104 Å². The number of fused-ring (bicyclic) bond motifs is 2. The smallest absolute Gasteiger partial charge is 0.338 e. The van der Waals surface area contributed by atoms with E-state index in [4.69, 9.17) is 18.9 Å². The Hall–Kier alpha value is -4.67. The molecule has 0 spiro atoms. The minimum atomic E-state index is -0.809. The number of rotatable bonds is 9. The average Bonchev–Trinajstić information content (AvgIpc) is 3.37. The Kier molecular flexibility index (Phi) is 9.10. The molecule has 0 saturated carbocycles. The lowest BCUT2D eigenvalue weighted by atomic mass is 9.95. The number of thiazole rings is 1. The van der Waals surface area contributed by atoms with Crippen LogP contribution in [0.2, 0.25) is 0 Å². The van der Waals surface area contributed by atoms with Gasteiger partial charge in [0.05, 0.1) is 42.7 Å². The first kappa shape index (κ1) is 31.3. The maximum Gasteiger partial charge on any atom is 0.338 e. The third-order valence-electron chi connectivity index (χ3n) is 7.77. The molecule has 0 fully saturated rings. The van der Waals surface area contributed by atoms with Gasteiger partial charge < -0.3 is 18.9 Å². The van der Waals surface area contributed by atoms with Gasteiger partial charge in [-0.25, -0.2) is 9.79 Å². The van der Waals surface area contributed by atoms with Crippen LogP contribution in [0.25, 0.3) is 16.8 Å². The highest BCUT2D eigenvalue weighted by molar-refractivity contribution is 9.10. The van der Waals surface area contributed by atoms with Crippen LogP contribution in [-0.4, -0.2) is 31.4 Å². The van der Waals surface area contributed by atoms with E-state index in [0.717, 1.165) is 22.3 Å². The van der Waals surface area contributed by atoms with Crippen LogP contribution in [0.5, 0.6) is 17.2 Å². The van der Waals surface area contributed by atoms with Gasteiger partial charge in [-0.1, -0.05) is 81.9 Å². The highest BCUT2D eigenvalue weighted by Gasteiger charge is 2.35. The molecule has 0 radical (unpaired) electrons. The molecule has 0 aliphatic carbocycles. The van der Waals surface area contributed by atoms with Crippen LogP contribution in [0.4, 0.5) is 0 Å². The van der Waals surface area contributed by atoms with Crippen molar-refractivity contribution in [2.24, 2.45) is 4.99 Å². The van der Waals surface area contributed by atoms with Crippen molar-refractivity contribution in [2.45, 2.75) is 26.5 Å². The molecule has 0 N–H and O–H groups in total. The summed E-state index contributed by atoms with van der Waals surface area (Å²) in [5, 5.41) is 2.34. The van der Waals surface area contributed by atoms with E-state index in [1.165, 1.54) is 23.8 Å². The highest BCUT2D eigenvalue weighted by Crippen LogP contribution is 2.40. The predicted octanol–water partition coefficient (Wildman–Crippen LogP) is 6.31. The molecular formula is C36H31BrN2O6S. The monoisotopic (exact) mass is 698 g/mol. The second-order valence-electron chi connectivity index (χ2n) is 10.5. The number of hydrogen-bond acceptors (Lipinski definition) is 8. The van der Waals surface area contributed by atoms with Crippen molar-refractivity contribution in [1.29, 1.82) is 0 Å². The highest BCUT2D eigenvalue weighted by atomic mass is 79.9. The van der Waals surface area contributed by atoms with Crippen molar-refractivity contribution in [3.8, 4) is 17.2 Å². The fourth-order valence-corrected chi connectivity index (χ4v) is 7.14. The molecule has 234 valence electrons. The van der Waals surface area contributed by atoms with Crippen molar-refractivity contribution in [3.63, 3.8) is 0 Å². The standard InChI is InChI=1S/C36H31BrN2O6S/c1-5-44-35(41)32-21(2)38-36-39(33(32)27-18-29(42-3)30(43-4)19-28(27)37)34(40)31(46-36)17-22-13-15-25(16-14-22)45-20-24-11-8-10-23-9-6-7-12-26(23)24/h6-19,33H,5,20H2,1-4H3/b31-17-/t33-/m0/s1. The van der Waals surface area contributed by atoms with E-state index in [1.54, 1.807) is 37.7 Å². The molecule has 0 bridgehead atoms. The third kappa shape index (κ3) is 5.98. The molecule has 5 aromatic rings. The van der Waals surface area contributed by atoms with E-state index in [9.17, 15) is 9.59 Å². The predicted molar refractivity (Wildman–Crippen MR) is 182 cm³/mol. The molecule has 1 aromatic heterocycles. The number of benzene rings is 4. The van der Waals surface area contributed by atoms with E-state index in [0.29, 0.717) is 43.2 Å². The van der Waals surface area contributed by atoms with Gasteiger partial charge in [0, 0.05) is 4.47 Å². The lowest BCUT2D eigenvalue weighted by molar-refractivity contribution is -0.139. The summed E-state index contributed by atoms with van der Waals surface area (Å²) in [5.74, 6) is 1.15. The van der Waals surface area contributed by atoms with E-state index in [-0.39, 0.29) is 17.7 Å². The number of nitrogens with zero attached hydrogens (tertiary/aromatic N) is 2. The zero-order chi connectivity index (χ0) is 32.4. The SMILES string of the molecule is CCOC(=O)C1=C(C)N=c2s/c(=C\c3ccc(OCc4cccc5ccccc45)cc3)c(=O)n2[C@H]1c1cc(OC)c(OC)cc1Br. The van der Waals surface area contributed by atoms with Gasteiger partial charge in [0.25, 0.3) is 5.56 Å². The topological polar surface area (TPSA) is 88.4 Å². The van der Waals surface area contributed by atoms with Gasteiger partial charge in [-0.15, -0.1) is 0 Å². The van der Waals surface area contributed by atoms with Crippen molar-refractivity contribution in [1.82, 2.24) is 4.57 Å². The minimum Gasteiger partial charge on any atom is -0.493 e. The summed E-state index contributed by atoms with van der Waals surface area (Å²) in [5.41, 5.74) is 3.05. The normalized spacial score (nSPS) is 14.5. The van der Waals surface area contributed by atoms with Crippen LogP contribution >= 0.6 is 27.3 Å². The Morgan fingerprint density at radius 2 is 1.72 bits per heavy atom. The van der Waals surface area contributed by atoms with Gasteiger partial charge in [0.2, 0.25) is 0 Å². The van der Waals surface area contributed by atoms with Gasteiger partial charge in [-0.05, 0) is 71.7 Å². The number of halogens is 1. The Morgan fingerprint density at radius 3 is 2.46 bits per heavy atom. The van der Waals surface area contributed by atoms with Crippen LogP contribution in [0.1, 0.15) is 36.6 Å². The van der Waals surface area contributed by atoms with Gasteiger partial charge >= 0.3 is 5.97 Å². The van der Waals surface area contributed by atoms with Gasteiger partial charge in [0.1, 0.15) is 12.4 Å². The Labute approximate surface area is 278 Å². The molecule has 2 heterocycles. The van der Waals surface area contributed by atoms with Gasteiger partial charge in [-0.3, -0.25) is 9.36 Å². The number of allylic oxidation sites excluding steroid dienone is 1. The molecule has 1 atom stereocenters. The molecule has 0 unspecified atom stereocenters. The molecular weight excluding hydrogens is 668 g/mol. The van der Waals surface area contributed by atoms with Gasteiger partial charge in [-0.2, -0.15) is 0 Å². The molecule has 1 aliphatic heterocycles. The average molecular weight is 700 g/mol. The lowest BCUT2D eigenvalue weighted by Gasteiger charge is -2.26. The molecule has 0 amide bonds.